The lowest BCUT2D eigenvalue weighted by molar-refractivity contribution is -0.777. The van der Waals surface area contributed by atoms with E-state index < -0.39 is 28.7 Å². The van der Waals surface area contributed by atoms with E-state index in [9.17, 15) is 18.8 Å². The highest BCUT2D eigenvalue weighted by Crippen LogP contribution is 2.66. The summed E-state index contributed by atoms with van der Waals surface area (Å²) in [6.07, 6.45) is 5.53. The third-order valence-corrected chi connectivity index (χ3v) is 5.95. The first-order valence-corrected chi connectivity index (χ1v) is 8.18. The fourth-order valence-corrected chi connectivity index (χ4v) is 6.24. The maximum atomic E-state index is 13.7. The molecule has 4 fully saturated rings. The minimum atomic E-state index is -3.85. The summed E-state index contributed by atoms with van der Waals surface area (Å²) in [5, 5.41) is 11.3. The zero-order valence-electron chi connectivity index (χ0n) is 12.6. The summed E-state index contributed by atoms with van der Waals surface area (Å²) >= 11 is -0.566. The topological polar surface area (TPSA) is 70.6 Å². The van der Waals surface area contributed by atoms with E-state index in [0.717, 1.165) is 38.5 Å². The van der Waals surface area contributed by atoms with Crippen molar-refractivity contribution in [1.82, 2.24) is 5.32 Å². The molecule has 8 heteroatoms. The molecule has 4 aliphatic carbocycles. The molecule has 22 heavy (non-hydrogen) atoms. The molecule has 0 aromatic rings. The predicted molar refractivity (Wildman–Crippen MR) is 73.0 cm³/mol. The van der Waals surface area contributed by atoms with E-state index in [4.69, 9.17) is 0 Å². The monoisotopic (exact) mass is 336 g/mol. The molecule has 0 saturated heterocycles. The minimum Gasteiger partial charge on any atom is -0.691 e. The van der Waals surface area contributed by atoms with Crippen LogP contribution in [0.1, 0.15) is 52.4 Å². The van der Waals surface area contributed by atoms with Crippen molar-refractivity contribution in [3.8, 4) is 0 Å². The highest BCUT2D eigenvalue weighted by molar-refractivity contribution is 7.96. The summed E-state index contributed by atoms with van der Waals surface area (Å²) < 4.78 is 31.0. The fraction of sp³-hybridized carbons (Fsp3) is 0.929. The van der Waals surface area contributed by atoms with Gasteiger partial charge in [-0.05, 0) is 55.3 Å². The van der Waals surface area contributed by atoms with Gasteiger partial charge < -0.3 is 10.6 Å². The van der Waals surface area contributed by atoms with Crippen LogP contribution in [0, 0.1) is 16.7 Å². The van der Waals surface area contributed by atoms with Crippen LogP contribution < -0.4 is 10.6 Å². The lowest BCUT2D eigenvalue weighted by atomic mass is 9.43. The molecule has 0 aromatic carbocycles. The number of halogens is 2. The van der Waals surface area contributed by atoms with Crippen molar-refractivity contribution in [3.63, 3.8) is 0 Å². The van der Waals surface area contributed by atoms with Crippen LogP contribution in [-0.2, 0) is 14.2 Å². The smallest absolute Gasteiger partial charge is 0.397 e. The standard InChI is InChI=1S/C14H21F2NO4S/c1-11-3-9-4-12(2,6-11)8-13(5-9,7-11)17-10(18)14(15,16)22-21-20-19/h9,19H,3-8H2,1-2H3,(H,17,18)/p-1. The molecule has 0 spiro atoms. The van der Waals surface area contributed by atoms with Gasteiger partial charge in [0.2, 0.25) is 0 Å². The Kier molecular flexibility index (Phi) is 3.75. The lowest BCUT2D eigenvalue weighted by Crippen LogP contribution is -2.66. The van der Waals surface area contributed by atoms with Crippen molar-refractivity contribution in [2.75, 3.05) is 0 Å². The zero-order valence-corrected chi connectivity index (χ0v) is 13.4. The van der Waals surface area contributed by atoms with Crippen molar-refractivity contribution in [3.05, 3.63) is 0 Å². The van der Waals surface area contributed by atoms with E-state index in [1.54, 1.807) is 0 Å². The van der Waals surface area contributed by atoms with E-state index in [0.29, 0.717) is 5.92 Å². The van der Waals surface area contributed by atoms with Gasteiger partial charge in [0.15, 0.2) is 0 Å². The molecule has 1 N–H and O–H groups in total. The second kappa shape index (κ2) is 5.03. The van der Waals surface area contributed by atoms with Crippen LogP contribution in [0.4, 0.5) is 8.78 Å². The van der Waals surface area contributed by atoms with Gasteiger partial charge in [-0.1, -0.05) is 13.8 Å². The average Bonchev–Trinajstić information content (AvgIpc) is 2.31. The lowest BCUT2D eigenvalue weighted by Gasteiger charge is -2.65. The minimum absolute atomic E-state index is 0.110. The second-order valence-corrected chi connectivity index (χ2v) is 8.92. The molecular formula is C14H20F2NO4S-. The molecule has 126 valence electrons. The molecule has 0 radical (unpaired) electrons. The van der Waals surface area contributed by atoms with Crippen LogP contribution in [0.3, 0.4) is 0 Å². The van der Waals surface area contributed by atoms with E-state index in [1.807, 2.05) is 0 Å². The number of rotatable bonds is 5. The highest BCUT2D eigenvalue weighted by Gasteiger charge is 2.61. The van der Waals surface area contributed by atoms with Gasteiger partial charge in [0, 0.05) is 5.54 Å². The van der Waals surface area contributed by atoms with E-state index >= 15 is 0 Å². The van der Waals surface area contributed by atoms with Gasteiger partial charge in [0.1, 0.15) is 12.0 Å². The Morgan fingerprint density at radius 1 is 1.23 bits per heavy atom. The van der Waals surface area contributed by atoms with Crippen molar-refractivity contribution in [2.45, 2.75) is 63.2 Å². The van der Waals surface area contributed by atoms with E-state index in [1.165, 1.54) is 0 Å². The molecule has 0 aliphatic heterocycles. The number of hydrogen-bond acceptors (Lipinski definition) is 5. The molecule has 1 amide bonds. The van der Waals surface area contributed by atoms with Gasteiger partial charge in [0.25, 0.3) is 0 Å². The van der Waals surface area contributed by atoms with Crippen LogP contribution in [0.15, 0.2) is 0 Å². The largest absolute Gasteiger partial charge is 0.691 e. The van der Waals surface area contributed by atoms with Gasteiger partial charge in [-0.15, -0.1) is 0 Å². The first-order valence-electron chi connectivity index (χ1n) is 7.44. The maximum absolute atomic E-state index is 13.7. The number of hydrogen-bond donors (Lipinski definition) is 1. The SMILES string of the molecule is CC12CC3CC(C)(C1)CC(NC(=O)C(F)(F)SOO[O-])(C3)C2. The Labute approximate surface area is 132 Å². The Morgan fingerprint density at radius 3 is 2.32 bits per heavy atom. The average molecular weight is 336 g/mol. The third-order valence-electron chi connectivity index (χ3n) is 5.44. The Hall–Kier alpha value is -0.440. The molecule has 4 aliphatic rings. The number of alkyl halides is 2. The van der Waals surface area contributed by atoms with Crippen molar-refractivity contribution < 1.29 is 28.2 Å². The molecule has 4 saturated carbocycles. The van der Waals surface area contributed by atoms with Crippen molar-refractivity contribution >= 4 is 17.9 Å². The number of nitrogens with one attached hydrogen (secondary N) is 1. The second-order valence-electron chi connectivity index (χ2n) is 8.10. The zero-order chi connectivity index (χ0) is 16.2. The Balaban J connectivity index is 1.76. The van der Waals surface area contributed by atoms with Gasteiger partial charge in [-0.3, -0.25) is 9.83 Å². The van der Waals surface area contributed by atoms with Crippen LogP contribution in [0.5, 0.6) is 0 Å². The summed E-state index contributed by atoms with van der Waals surface area (Å²) in [6.45, 7) is 4.38. The molecule has 4 rings (SSSR count). The van der Waals surface area contributed by atoms with Gasteiger partial charge >= 0.3 is 11.2 Å². The molecule has 0 aromatic heterocycles. The normalized spacial score (nSPS) is 43.4. The van der Waals surface area contributed by atoms with E-state index in [2.05, 4.69) is 28.5 Å². The molecule has 5 nitrogen and oxygen atoms in total. The summed E-state index contributed by atoms with van der Waals surface area (Å²) in [5.74, 6) is -0.933. The third kappa shape index (κ3) is 2.86. The number of carbonyl (C=O) groups excluding carboxylic acids is 1. The fourth-order valence-electron chi connectivity index (χ4n) is 6.00. The molecule has 2 atom stereocenters. The van der Waals surface area contributed by atoms with Gasteiger partial charge in [-0.25, -0.2) is 0 Å². The number of amides is 1. The summed E-state index contributed by atoms with van der Waals surface area (Å²) in [4.78, 5) is 11.9. The van der Waals surface area contributed by atoms with Crippen LogP contribution in [0.2, 0.25) is 0 Å². The van der Waals surface area contributed by atoms with Crippen LogP contribution in [-0.4, -0.2) is 16.7 Å². The maximum Gasteiger partial charge on any atom is 0.397 e. The first kappa shape index (κ1) is 16.4. The molecule has 0 heterocycles. The summed E-state index contributed by atoms with van der Waals surface area (Å²) in [6, 6.07) is 0. The Morgan fingerprint density at radius 2 is 1.82 bits per heavy atom. The number of carbonyl (C=O) groups is 1. The first-order chi connectivity index (χ1) is 10.1. The van der Waals surface area contributed by atoms with Crippen molar-refractivity contribution in [1.29, 1.82) is 0 Å². The summed E-state index contributed by atoms with van der Waals surface area (Å²) in [5.41, 5.74) is -0.348. The van der Waals surface area contributed by atoms with Crippen molar-refractivity contribution in [2.24, 2.45) is 16.7 Å². The van der Waals surface area contributed by atoms with Gasteiger partial charge in [0.05, 0.1) is 0 Å². The predicted octanol–water partition coefficient (Wildman–Crippen LogP) is 2.32. The van der Waals surface area contributed by atoms with Crippen LogP contribution >= 0.6 is 12.0 Å². The highest BCUT2D eigenvalue weighted by atomic mass is 32.2. The molecular weight excluding hydrogens is 316 g/mol. The molecule has 4 bridgehead atoms. The summed E-state index contributed by atoms with van der Waals surface area (Å²) in [7, 11) is 0. The van der Waals surface area contributed by atoms with E-state index in [-0.39, 0.29) is 10.8 Å². The van der Waals surface area contributed by atoms with Gasteiger partial charge in [-0.2, -0.15) is 13.1 Å². The Bertz CT molecular complexity index is 471. The molecule has 2 unspecified atom stereocenters. The van der Waals surface area contributed by atoms with Crippen LogP contribution in [0.25, 0.3) is 0 Å². The quantitative estimate of drug-likeness (QED) is 0.474.